The van der Waals surface area contributed by atoms with E-state index >= 15 is 0 Å². The smallest absolute Gasteiger partial charge is 0.0468 e. The van der Waals surface area contributed by atoms with E-state index in [0.29, 0.717) is 16.0 Å². The maximum absolute atomic E-state index is 6.03. The van der Waals surface area contributed by atoms with Gasteiger partial charge in [0.05, 0.1) is 0 Å². The minimum Gasteiger partial charge on any atom is -0.324 e. The molecular formula is C10H11Cl2N. The van der Waals surface area contributed by atoms with Gasteiger partial charge in [-0.1, -0.05) is 29.3 Å². The third-order valence-corrected chi connectivity index (χ3v) is 3.12. The molecule has 1 aromatic rings. The third kappa shape index (κ3) is 1.83. The highest BCUT2D eigenvalue weighted by molar-refractivity contribution is 6.36. The first-order valence-corrected chi connectivity index (χ1v) is 5.15. The number of halogens is 2. The van der Waals surface area contributed by atoms with Crippen molar-refractivity contribution in [2.24, 2.45) is 11.7 Å². The second-order valence-corrected chi connectivity index (χ2v) is 4.31. The van der Waals surface area contributed by atoms with Crippen LogP contribution in [0.3, 0.4) is 0 Å². The van der Waals surface area contributed by atoms with Crippen molar-refractivity contribution in [1.29, 1.82) is 0 Å². The molecule has 0 aliphatic heterocycles. The topological polar surface area (TPSA) is 26.0 Å². The highest BCUT2D eigenvalue weighted by Gasteiger charge is 2.31. The van der Waals surface area contributed by atoms with Crippen molar-refractivity contribution in [3.8, 4) is 0 Å². The summed E-state index contributed by atoms with van der Waals surface area (Å²) in [6.07, 6.45) is 2.39. The van der Waals surface area contributed by atoms with Gasteiger partial charge in [-0.15, -0.1) is 0 Å². The molecule has 13 heavy (non-hydrogen) atoms. The molecule has 0 aromatic heterocycles. The zero-order chi connectivity index (χ0) is 9.42. The van der Waals surface area contributed by atoms with Gasteiger partial charge in [0.2, 0.25) is 0 Å². The molecule has 0 unspecified atom stereocenters. The van der Waals surface area contributed by atoms with Crippen LogP contribution in [0.1, 0.15) is 24.4 Å². The molecule has 1 aromatic carbocycles. The van der Waals surface area contributed by atoms with Gasteiger partial charge < -0.3 is 5.73 Å². The van der Waals surface area contributed by atoms with Gasteiger partial charge in [0, 0.05) is 21.7 Å². The van der Waals surface area contributed by atoms with Crippen LogP contribution in [-0.2, 0) is 0 Å². The largest absolute Gasteiger partial charge is 0.324 e. The van der Waals surface area contributed by atoms with Gasteiger partial charge in [0.15, 0.2) is 0 Å². The summed E-state index contributed by atoms with van der Waals surface area (Å²) in [5.74, 6) is 0.581. The van der Waals surface area contributed by atoms with Gasteiger partial charge in [-0.05, 0) is 30.9 Å². The molecule has 0 saturated heterocycles. The van der Waals surface area contributed by atoms with E-state index in [9.17, 15) is 0 Å². The van der Waals surface area contributed by atoms with Gasteiger partial charge in [0.1, 0.15) is 0 Å². The summed E-state index contributed by atoms with van der Waals surface area (Å²) in [6, 6.07) is 5.53. The Morgan fingerprint density at radius 3 is 2.23 bits per heavy atom. The van der Waals surface area contributed by atoms with Gasteiger partial charge in [0.25, 0.3) is 0 Å². The van der Waals surface area contributed by atoms with Crippen molar-refractivity contribution >= 4 is 23.2 Å². The standard InChI is InChI=1S/C10H11Cl2N/c11-7-2-1-3-8(12)9(7)10(13)6-4-5-6/h1-3,6,10H,4-5,13H2/t10-/m0/s1. The number of nitrogens with two attached hydrogens (primary N) is 1. The Hall–Kier alpha value is -0.240. The van der Waals surface area contributed by atoms with Crippen LogP contribution in [0.4, 0.5) is 0 Å². The summed E-state index contributed by atoms with van der Waals surface area (Å²) in [7, 11) is 0. The lowest BCUT2D eigenvalue weighted by molar-refractivity contribution is 0.634. The first kappa shape index (κ1) is 9.32. The average Bonchev–Trinajstić information content (AvgIpc) is 2.85. The molecule has 1 nitrogen and oxygen atoms in total. The van der Waals surface area contributed by atoms with Crippen LogP contribution in [0.5, 0.6) is 0 Å². The van der Waals surface area contributed by atoms with Crippen molar-refractivity contribution in [1.82, 2.24) is 0 Å². The van der Waals surface area contributed by atoms with E-state index in [1.165, 1.54) is 12.8 Å². The first-order valence-electron chi connectivity index (χ1n) is 4.39. The Labute approximate surface area is 87.8 Å². The molecular weight excluding hydrogens is 205 g/mol. The Morgan fingerprint density at radius 1 is 1.23 bits per heavy atom. The average molecular weight is 216 g/mol. The molecule has 1 saturated carbocycles. The van der Waals surface area contributed by atoms with Crippen molar-refractivity contribution in [3.63, 3.8) is 0 Å². The van der Waals surface area contributed by atoms with Crippen LogP contribution in [0.15, 0.2) is 18.2 Å². The van der Waals surface area contributed by atoms with Crippen molar-refractivity contribution in [2.75, 3.05) is 0 Å². The minimum absolute atomic E-state index is 0.0150. The fourth-order valence-electron chi connectivity index (χ4n) is 1.52. The van der Waals surface area contributed by atoms with Gasteiger partial charge >= 0.3 is 0 Å². The Balaban J connectivity index is 2.36. The molecule has 0 bridgehead atoms. The zero-order valence-corrected chi connectivity index (χ0v) is 8.65. The van der Waals surface area contributed by atoms with Crippen LogP contribution >= 0.6 is 23.2 Å². The number of hydrogen-bond donors (Lipinski definition) is 1. The lowest BCUT2D eigenvalue weighted by Gasteiger charge is -2.14. The summed E-state index contributed by atoms with van der Waals surface area (Å²) in [6.45, 7) is 0. The van der Waals surface area contributed by atoms with E-state index in [0.717, 1.165) is 5.56 Å². The lowest BCUT2D eigenvalue weighted by Crippen LogP contribution is -2.13. The summed E-state index contributed by atoms with van der Waals surface area (Å²) in [4.78, 5) is 0. The van der Waals surface area contributed by atoms with Crippen molar-refractivity contribution in [2.45, 2.75) is 18.9 Å². The normalized spacial score (nSPS) is 18.7. The van der Waals surface area contributed by atoms with E-state index in [-0.39, 0.29) is 6.04 Å². The number of rotatable bonds is 2. The van der Waals surface area contributed by atoms with E-state index in [4.69, 9.17) is 28.9 Å². The molecule has 2 rings (SSSR count). The fraction of sp³-hybridized carbons (Fsp3) is 0.400. The Bertz CT molecular complexity index is 300. The third-order valence-electron chi connectivity index (χ3n) is 2.46. The molecule has 0 heterocycles. The lowest BCUT2D eigenvalue weighted by atomic mass is 10.0. The highest BCUT2D eigenvalue weighted by Crippen LogP contribution is 2.43. The van der Waals surface area contributed by atoms with Crippen molar-refractivity contribution < 1.29 is 0 Å². The molecule has 0 amide bonds. The summed E-state index contributed by atoms with van der Waals surface area (Å²) in [5, 5.41) is 1.37. The molecule has 0 spiro atoms. The maximum Gasteiger partial charge on any atom is 0.0468 e. The predicted molar refractivity (Wildman–Crippen MR) is 56.1 cm³/mol. The number of hydrogen-bond acceptors (Lipinski definition) is 1. The second-order valence-electron chi connectivity index (χ2n) is 3.50. The van der Waals surface area contributed by atoms with Crippen LogP contribution in [0.25, 0.3) is 0 Å². The summed E-state index contributed by atoms with van der Waals surface area (Å²) < 4.78 is 0. The highest BCUT2D eigenvalue weighted by atomic mass is 35.5. The fourth-order valence-corrected chi connectivity index (χ4v) is 2.17. The molecule has 2 N–H and O–H groups in total. The van der Waals surface area contributed by atoms with Crippen LogP contribution in [0, 0.1) is 5.92 Å². The Kier molecular flexibility index (Phi) is 2.50. The monoisotopic (exact) mass is 215 g/mol. The molecule has 1 atom stereocenters. The van der Waals surface area contributed by atoms with Crippen LogP contribution in [0.2, 0.25) is 10.0 Å². The first-order chi connectivity index (χ1) is 6.20. The van der Waals surface area contributed by atoms with Crippen LogP contribution in [-0.4, -0.2) is 0 Å². The van der Waals surface area contributed by atoms with Crippen molar-refractivity contribution in [3.05, 3.63) is 33.8 Å². The quantitative estimate of drug-likeness (QED) is 0.805. The molecule has 0 radical (unpaired) electrons. The predicted octanol–water partition coefficient (Wildman–Crippen LogP) is 3.40. The van der Waals surface area contributed by atoms with E-state index in [1.807, 2.05) is 18.2 Å². The Morgan fingerprint density at radius 2 is 1.77 bits per heavy atom. The zero-order valence-electron chi connectivity index (χ0n) is 7.13. The number of benzene rings is 1. The minimum atomic E-state index is 0.0150. The maximum atomic E-state index is 6.03. The van der Waals surface area contributed by atoms with Gasteiger partial charge in [-0.3, -0.25) is 0 Å². The van der Waals surface area contributed by atoms with Crippen LogP contribution < -0.4 is 5.73 Å². The molecule has 3 heteroatoms. The van der Waals surface area contributed by atoms with Gasteiger partial charge in [-0.25, -0.2) is 0 Å². The SMILES string of the molecule is N[C@H](c1c(Cl)cccc1Cl)C1CC1. The molecule has 1 aliphatic rings. The van der Waals surface area contributed by atoms with E-state index in [2.05, 4.69) is 0 Å². The van der Waals surface area contributed by atoms with E-state index < -0.39 is 0 Å². The van der Waals surface area contributed by atoms with E-state index in [1.54, 1.807) is 0 Å². The summed E-state index contributed by atoms with van der Waals surface area (Å²) >= 11 is 12.1. The molecule has 70 valence electrons. The molecule has 1 aliphatic carbocycles. The second kappa shape index (κ2) is 3.49. The molecule has 1 fully saturated rings. The summed E-state index contributed by atoms with van der Waals surface area (Å²) in [5.41, 5.74) is 6.94. The van der Waals surface area contributed by atoms with Gasteiger partial charge in [-0.2, -0.15) is 0 Å².